The molecule has 1 fully saturated rings. The lowest BCUT2D eigenvalue weighted by Crippen LogP contribution is -1.96. The summed E-state index contributed by atoms with van der Waals surface area (Å²) in [6.45, 7) is 2.25. The molecule has 1 aliphatic rings. The first-order chi connectivity index (χ1) is 5.75. The number of nitrogen functional groups attached to an aromatic ring is 1. The van der Waals surface area contributed by atoms with Gasteiger partial charge in [0.05, 0.1) is 0 Å². The topological polar surface area (TPSA) is 64.9 Å². The second kappa shape index (κ2) is 2.77. The van der Waals surface area contributed by atoms with Crippen molar-refractivity contribution in [1.29, 1.82) is 0 Å². The SMILES string of the molecule is CC1CCC(c2noc(N)n2)C1. The fourth-order valence-electron chi connectivity index (χ4n) is 1.85. The standard InChI is InChI=1S/C8H13N3O/c1-5-2-3-6(4-5)7-10-8(9)12-11-7/h5-6H,2-4H2,1H3,(H2,9,10,11). The number of nitrogens with two attached hydrogens (primary N) is 1. The summed E-state index contributed by atoms with van der Waals surface area (Å²) in [7, 11) is 0. The van der Waals surface area contributed by atoms with Crippen molar-refractivity contribution >= 4 is 6.01 Å². The Bertz CT molecular complexity index is 271. The molecule has 2 unspecified atom stereocenters. The molecule has 4 heteroatoms. The van der Waals surface area contributed by atoms with Crippen molar-refractivity contribution in [2.75, 3.05) is 5.73 Å². The zero-order valence-corrected chi connectivity index (χ0v) is 7.16. The Morgan fingerprint density at radius 1 is 1.50 bits per heavy atom. The van der Waals surface area contributed by atoms with E-state index in [1.807, 2.05) is 0 Å². The van der Waals surface area contributed by atoms with E-state index in [4.69, 9.17) is 10.3 Å². The second-order valence-corrected chi connectivity index (χ2v) is 3.61. The van der Waals surface area contributed by atoms with Gasteiger partial charge in [0.2, 0.25) is 0 Å². The summed E-state index contributed by atoms with van der Waals surface area (Å²) in [5.41, 5.74) is 5.34. The minimum absolute atomic E-state index is 0.185. The van der Waals surface area contributed by atoms with Crippen LogP contribution in [0, 0.1) is 5.92 Å². The highest BCUT2D eigenvalue weighted by molar-refractivity contribution is 5.10. The zero-order valence-electron chi connectivity index (χ0n) is 7.16. The van der Waals surface area contributed by atoms with Crippen molar-refractivity contribution in [1.82, 2.24) is 10.1 Å². The first-order valence-electron chi connectivity index (χ1n) is 4.35. The number of hydrogen-bond donors (Lipinski definition) is 1. The molecular formula is C8H13N3O. The summed E-state index contributed by atoms with van der Waals surface area (Å²) in [5, 5.41) is 3.82. The van der Waals surface area contributed by atoms with Crippen molar-refractivity contribution in [3.05, 3.63) is 5.82 Å². The van der Waals surface area contributed by atoms with Crippen LogP contribution in [0.3, 0.4) is 0 Å². The number of anilines is 1. The summed E-state index contributed by atoms with van der Waals surface area (Å²) in [4.78, 5) is 4.03. The third-order valence-corrected chi connectivity index (χ3v) is 2.52. The lowest BCUT2D eigenvalue weighted by Gasteiger charge is -2.01. The molecule has 2 atom stereocenters. The van der Waals surface area contributed by atoms with Crippen LogP contribution in [0.2, 0.25) is 0 Å². The molecule has 1 saturated carbocycles. The summed E-state index contributed by atoms with van der Waals surface area (Å²) < 4.78 is 4.73. The normalized spacial score (nSPS) is 29.4. The van der Waals surface area contributed by atoms with Gasteiger partial charge >= 0.3 is 6.01 Å². The van der Waals surface area contributed by atoms with Crippen LogP contribution in [0.1, 0.15) is 37.9 Å². The second-order valence-electron chi connectivity index (χ2n) is 3.61. The van der Waals surface area contributed by atoms with Crippen LogP contribution in [0.5, 0.6) is 0 Å². The molecule has 0 bridgehead atoms. The Morgan fingerprint density at radius 3 is 2.83 bits per heavy atom. The maximum atomic E-state index is 5.34. The Kier molecular flexibility index (Phi) is 1.75. The molecule has 66 valence electrons. The van der Waals surface area contributed by atoms with Crippen molar-refractivity contribution in [2.24, 2.45) is 5.92 Å². The van der Waals surface area contributed by atoms with E-state index in [0.717, 1.165) is 11.7 Å². The van der Waals surface area contributed by atoms with E-state index < -0.39 is 0 Å². The van der Waals surface area contributed by atoms with Crippen LogP contribution in [0.15, 0.2) is 4.52 Å². The first-order valence-corrected chi connectivity index (χ1v) is 4.35. The van der Waals surface area contributed by atoms with E-state index in [0.29, 0.717) is 5.92 Å². The van der Waals surface area contributed by atoms with E-state index in [9.17, 15) is 0 Å². The molecular weight excluding hydrogens is 154 g/mol. The van der Waals surface area contributed by atoms with E-state index in [-0.39, 0.29) is 6.01 Å². The summed E-state index contributed by atoms with van der Waals surface area (Å²) >= 11 is 0. The summed E-state index contributed by atoms with van der Waals surface area (Å²) in [6, 6.07) is 0.185. The molecule has 2 N–H and O–H groups in total. The molecule has 1 aromatic rings. The van der Waals surface area contributed by atoms with E-state index in [1.165, 1.54) is 19.3 Å². The first kappa shape index (κ1) is 7.58. The molecule has 1 heterocycles. The largest absolute Gasteiger partial charge is 0.351 e. The molecule has 0 aliphatic heterocycles. The third kappa shape index (κ3) is 1.29. The Hall–Kier alpha value is -1.06. The minimum Gasteiger partial charge on any atom is -0.351 e. The van der Waals surface area contributed by atoms with Crippen LogP contribution in [0.25, 0.3) is 0 Å². The monoisotopic (exact) mass is 167 g/mol. The van der Waals surface area contributed by atoms with Crippen LogP contribution in [0.4, 0.5) is 6.01 Å². The average molecular weight is 167 g/mol. The third-order valence-electron chi connectivity index (χ3n) is 2.52. The smallest absolute Gasteiger partial charge is 0.318 e. The molecule has 4 nitrogen and oxygen atoms in total. The van der Waals surface area contributed by atoms with E-state index in [1.54, 1.807) is 0 Å². The van der Waals surface area contributed by atoms with Crippen molar-refractivity contribution in [2.45, 2.75) is 32.1 Å². The molecule has 12 heavy (non-hydrogen) atoms. The van der Waals surface area contributed by atoms with Gasteiger partial charge in [0.1, 0.15) is 0 Å². The molecule has 2 rings (SSSR count). The predicted octanol–water partition coefficient (Wildman–Crippen LogP) is 1.56. The molecule has 1 aliphatic carbocycles. The molecule has 0 saturated heterocycles. The molecule has 0 spiro atoms. The molecule has 1 aromatic heterocycles. The van der Waals surface area contributed by atoms with Gasteiger partial charge in [-0.25, -0.2) is 0 Å². The van der Waals surface area contributed by atoms with E-state index in [2.05, 4.69) is 17.1 Å². The Labute approximate surface area is 71.1 Å². The highest BCUT2D eigenvalue weighted by Gasteiger charge is 2.26. The fourth-order valence-corrected chi connectivity index (χ4v) is 1.85. The Morgan fingerprint density at radius 2 is 2.33 bits per heavy atom. The van der Waals surface area contributed by atoms with Crippen molar-refractivity contribution in [3.63, 3.8) is 0 Å². The number of hydrogen-bond acceptors (Lipinski definition) is 4. The summed E-state index contributed by atoms with van der Waals surface area (Å²) in [6.07, 6.45) is 3.60. The van der Waals surface area contributed by atoms with Gasteiger partial charge in [0.15, 0.2) is 5.82 Å². The van der Waals surface area contributed by atoms with Gasteiger partial charge in [0, 0.05) is 5.92 Å². The molecule has 0 amide bonds. The van der Waals surface area contributed by atoms with Crippen molar-refractivity contribution < 1.29 is 4.52 Å². The predicted molar refractivity (Wildman–Crippen MR) is 44.5 cm³/mol. The highest BCUT2D eigenvalue weighted by Crippen LogP contribution is 2.36. The van der Waals surface area contributed by atoms with Gasteiger partial charge < -0.3 is 10.3 Å². The Balaban J connectivity index is 2.11. The minimum atomic E-state index is 0.185. The summed E-state index contributed by atoms with van der Waals surface area (Å²) in [5.74, 6) is 2.05. The van der Waals surface area contributed by atoms with Gasteiger partial charge in [-0.2, -0.15) is 4.98 Å². The van der Waals surface area contributed by atoms with Crippen LogP contribution in [-0.2, 0) is 0 Å². The molecule has 0 radical (unpaired) electrons. The maximum absolute atomic E-state index is 5.34. The van der Waals surface area contributed by atoms with Gasteiger partial charge in [-0.3, -0.25) is 0 Å². The van der Waals surface area contributed by atoms with Crippen LogP contribution >= 0.6 is 0 Å². The highest BCUT2D eigenvalue weighted by atomic mass is 16.5. The number of rotatable bonds is 1. The fraction of sp³-hybridized carbons (Fsp3) is 0.750. The molecule has 0 aromatic carbocycles. The van der Waals surface area contributed by atoms with Gasteiger partial charge in [-0.05, 0) is 25.2 Å². The van der Waals surface area contributed by atoms with Crippen LogP contribution < -0.4 is 5.73 Å². The zero-order chi connectivity index (χ0) is 8.55. The maximum Gasteiger partial charge on any atom is 0.318 e. The van der Waals surface area contributed by atoms with Gasteiger partial charge in [-0.1, -0.05) is 12.1 Å². The van der Waals surface area contributed by atoms with E-state index >= 15 is 0 Å². The lowest BCUT2D eigenvalue weighted by molar-refractivity contribution is 0.418. The van der Waals surface area contributed by atoms with Crippen molar-refractivity contribution in [3.8, 4) is 0 Å². The average Bonchev–Trinajstić information content (AvgIpc) is 2.58. The number of aromatic nitrogens is 2. The lowest BCUT2D eigenvalue weighted by atomic mass is 10.1. The number of nitrogens with zero attached hydrogens (tertiary/aromatic N) is 2. The van der Waals surface area contributed by atoms with Crippen LogP contribution in [-0.4, -0.2) is 10.1 Å². The van der Waals surface area contributed by atoms with Gasteiger partial charge in [0.25, 0.3) is 0 Å². The quantitative estimate of drug-likeness (QED) is 0.689. The van der Waals surface area contributed by atoms with Gasteiger partial charge in [-0.15, -0.1) is 0 Å².